The highest BCUT2D eigenvalue weighted by Gasteiger charge is 2.26. The summed E-state index contributed by atoms with van der Waals surface area (Å²) in [5, 5.41) is 14.8. The number of hydrogen-bond acceptors (Lipinski definition) is 5. The summed E-state index contributed by atoms with van der Waals surface area (Å²) >= 11 is 0. The SMILES string of the molecule is CCOC(=O)N1CCC(NC(=O)C(=O)Nc2cc(C)ccc2O)CC1. The third kappa shape index (κ3) is 5.10. The van der Waals surface area contributed by atoms with Gasteiger partial charge in [0.15, 0.2) is 0 Å². The molecule has 1 aliphatic rings. The molecule has 1 saturated heterocycles. The molecule has 1 aliphatic heterocycles. The number of ether oxygens (including phenoxy) is 1. The lowest BCUT2D eigenvalue weighted by Gasteiger charge is -2.31. The Morgan fingerprint density at radius 3 is 2.56 bits per heavy atom. The van der Waals surface area contributed by atoms with Crippen molar-refractivity contribution in [3.8, 4) is 5.75 Å². The van der Waals surface area contributed by atoms with Gasteiger partial charge in [-0.05, 0) is 44.4 Å². The fraction of sp³-hybridized carbons (Fsp3) is 0.471. The zero-order chi connectivity index (χ0) is 18.4. The number of piperidine rings is 1. The molecule has 0 spiro atoms. The Bertz CT molecular complexity index is 654. The highest BCUT2D eigenvalue weighted by atomic mass is 16.6. The fourth-order valence-electron chi connectivity index (χ4n) is 2.60. The van der Waals surface area contributed by atoms with Gasteiger partial charge in [0.2, 0.25) is 0 Å². The highest BCUT2D eigenvalue weighted by Crippen LogP contribution is 2.23. The monoisotopic (exact) mass is 349 g/mol. The van der Waals surface area contributed by atoms with Crippen LogP contribution in [0.5, 0.6) is 5.75 Å². The quantitative estimate of drug-likeness (QED) is 0.564. The summed E-state index contributed by atoms with van der Waals surface area (Å²) in [5.74, 6) is -1.71. The van der Waals surface area contributed by atoms with Crippen LogP contribution in [0.2, 0.25) is 0 Å². The van der Waals surface area contributed by atoms with Gasteiger partial charge >= 0.3 is 17.9 Å². The Morgan fingerprint density at radius 1 is 1.24 bits per heavy atom. The predicted molar refractivity (Wildman–Crippen MR) is 91.2 cm³/mol. The van der Waals surface area contributed by atoms with Crippen molar-refractivity contribution in [2.45, 2.75) is 32.7 Å². The lowest BCUT2D eigenvalue weighted by Crippen LogP contribution is -2.49. The van der Waals surface area contributed by atoms with Gasteiger partial charge in [0.1, 0.15) is 5.75 Å². The van der Waals surface area contributed by atoms with Gasteiger partial charge < -0.3 is 25.4 Å². The molecular formula is C17H23N3O5. The van der Waals surface area contributed by atoms with E-state index in [1.165, 1.54) is 6.07 Å². The van der Waals surface area contributed by atoms with Crippen molar-refractivity contribution in [3.05, 3.63) is 23.8 Å². The molecule has 8 nitrogen and oxygen atoms in total. The first-order valence-electron chi connectivity index (χ1n) is 8.24. The number of amides is 3. The lowest BCUT2D eigenvalue weighted by atomic mass is 10.1. The van der Waals surface area contributed by atoms with Gasteiger partial charge in [0.25, 0.3) is 0 Å². The molecule has 0 radical (unpaired) electrons. The van der Waals surface area contributed by atoms with Crippen LogP contribution in [-0.2, 0) is 14.3 Å². The Balaban J connectivity index is 1.83. The Kier molecular flexibility index (Phi) is 6.21. The van der Waals surface area contributed by atoms with Gasteiger partial charge in [-0.3, -0.25) is 9.59 Å². The van der Waals surface area contributed by atoms with Gasteiger partial charge in [0.05, 0.1) is 12.3 Å². The number of nitrogens with zero attached hydrogens (tertiary/aromatic N) is 1. The summed E-state index contributed by atoms with van der Waals surface area (Å²) in [5.41, 5.74) is 1.04. The summed E-state index contributed by atoms with van der Waals surface area (Å²) in [4.78, 5) is 37.2. The molecule has 1 fully saturated rings. The predicted octanol–water partition coefficient (Wildman–Crippen LogP) is 1.38. The van der Waals surface area contributed by atoms with Crippen molar-refractivity contribution in [1.82, 2.24) is 10.2 Å². The zero-order valence-electron chi connectivity index (χ0n) is 14.4. The summed E-state index contributed by atoms with van der Waals surface area (Å²) in [6.07, 6.45) is 0.737. The molecule has 0 bridgehead atoms. The van der Waals surface area contributed by atoms with Gasteiger partial charge in [-0.2, -0.15) is 0 Å². The molecule has 136 valence electrons. The summed E-state index contributed by atoms with van der Waals surface area (Å²) in [7, 11) is 0. The largest absolute Gasteiger partial charge is 0.506 e. The molecule has 1 aromatic rings. The van der Waals surface area contributed by atoms with E-state index in [-0.39, 0.29) is 23.6 Å². The molecule has 0 saturated carbocycles. The first-order chi connectivity index (χ1) is 11.9. The first-order valence-corrected chi connectivity index (χ1v) is 8.24. The average Bonchev–Trinajstić information content (AvgIpc) is 2.59. The maximum atomic E-state index is 12.0. The lowest BCUT2D eigenvalue weighted by molar-refractivity contribution is -0.136. The van der Waals surface area contributed by atoms with Crippen molar-refractivity contribution < 1.29 is 24.2 Å². The molecule has 0 aliphatic carbocycles. The number of phenolic OH excluding ortho intramolecular Hbond substituents is 1. The van der Waals surface area contributed by atoms with Crippen LogP contribution in [0.3, 0.4) is 0 Å². The van der Waals surface area contributed by atoms with E-state index < -0.39 is 11.8 Å². The van der Waals surface area contributed by atoms with Crippen molar-refractivity contribution >= 4 is 23.6 Å². The maximum absolute atomic E-state index is 12.0. The summed E-state index contributed by atoms with van der Waals surface area (Å²) < 4.78 is 4.93. The summed E-state index contributed by atoms with van der Waals surface area (Å²) in [6, 6.07) is 4.55. The van der Waals surface area contributed by atoms with Crippen LogP contribution in [-0.4, -0.2) is 53.7 Å². The smallest absolute Gasteiger partial charge is 0.409 e. The van der Waals surface area contributed by atoms with E-state index in [1.54, 1.807) is 24.0 Å². The minimum Gasteiger partial charge on any atom is -0.506 e. The second kappa shape index (κ2) is 8.36. The van der Waals surface area contributed by atoms with Gasteiger partial charge in [-0.25, -0.2) is 4.79 Å². The first kappa shape index (κ1) is 18.6. The van der Waals surface area contributed by atoms with Crippen LogP contribution in [0, 0.1) is 6.92 Å². The Hall–Kier alpha value is -2.77. The number of nitrogens with one attached hydrogen (secondary N) is 2. The van der Waals surface area contributed by atoms with E-state index in [4.69, 9.17) is 4.74 Å². The number of likely N-dealkylation sites (tertiary alicyclic amines) is 1. The van der Waals surface area contributed by atoms with Crippen molar-refractivity contribution in [2.75, 3.05) is 25.0 Å². The van der Waals surface area contributed by atoms with E-state index in [2.05, 4.69) is 10.6 Å². The molecule has 1 heterocycles. The van der Waals surface area contributed by atoms with E-state index in [0.717, 1.165) is 5.56 Å². The molecule has 2 rings (SSSR count). The highest BCUT2D eigenvalue weighted by molar-refractivity contribution is 6.39. The number of phenols is 1. The minimum absolute atomic E-state index is 0.102. The van der Waals surface area contributed by atoms with E-state index in [9.17, 15) is 19.5 Å². The minimum atomic E-state index is -0.839. The topological polar surface area (TPSA) is 108 Å². The molecule has 3 amide bonds. The van der Waals surface area contributed by atoms with Crippen LogP contribution in [0.25, 0.3) is 0 Å². The zero-order valence-corrected chi connectivity index (χ0v) is 14.4. The molecule has 1 aromatic carbocycles. The van der Waals surface area contributed by atoms with Gasteiger partial charge in [0, 0.05) is 19.1 Å². The third-order valence-corrected chi connectivity index (χ3v) is 3.96. The molecule has 25 heavy (non-hydrogen) atoms. The van der Waals surface area contributed by atoms with Crippen LogP contribution >= 0.6 is 0 Å². The van der Waals surface area contributed by atoms with Crippen molar-refractivity contribution in [1.29, 1.82) is 0 Å². The van der Waals surface area contributed by atoms with E-state index in [1.807, 2.05) is 6.92 Å². The van der Waals surface area contributed by atoms with Gasteiger partial charge in [-0.1, -0.05) is 6.07 Å². The number of anilines is 1. The second-order valence-corrected chi connectivity index (χ2v) is 5.91. The number of carbonyl (C=O) groups is 3. The van der Waals surface area contributed by atoms with Gasteiger partial charge in [-0.15, -0.1) is 0 Å². The van der Waals surface area contributed by atoms with E-state index in [0.29, 0.717) is 32.5 Å². The molecule has 3 N–H and O–H groups in total. The van der Waals surface area contributed by atoms with Crippen LogP contribution in [0.1, 0.15) is 25.3 Å². The van der Waals surface area contributed by atoms with Crippen LogP contribution in [0.4, 0.5) is 10.5 Å². The maximum Gasteiger partial charge on any atom is 0.409 e. The average molecular weight is 349 g/mol. The van der Waals surface area contributed by atoms with Crippen LogP contribution in [0.15, 0.2) is 18.2 Å². The number of aromatic hydroxyl groups is 1. The number of aryl methyl sites for hydroxylation is 1. The molecule has 0 atom stereocenters. The molecule has 0 aromatic heterocycles. The van der Waals surface area contributed by atoms with Crippen molar-refractivity contribution in [2.24, 2.45) is 0 Å². The normalized spacial score (nSPS) is 14.7. The Morgan fingerprint density at radius 2 is 1.92 bits per heavy atom. The van der Waals surface area contributed by atoms with Crippen molar-refractivity contribution in [3.63, 3.8) is 0 Å². The number of rotatable bonds is 3. The number of hydrogen-bond donors (Lipinski definition) is 3. The van der Waals surface area contributed by atoms with E-state index >= 15 is 0 Å². The fourth-order valence-corrected chi connectivity index (χ4v) is 2.60. The standard InChI is InChI=1S/C17H23N3O5/c1-3-25-17(24)20-8-6-12(7-9-20)18-15(22)16(23)19-13-10-11(2)4-5-14(13)21/h4-5,10,12,21H,3,6-9H2,1-2H3,(H,18,22)(H,19,23). The molecule has 0 unspecified atom stereocenters. The molecular weight excluding hydrogens is 326 g/mol. The summed E-state index contributed by atoms with van der Waals surface area (Å²) in [6.45, 7) is 4.80. The molecule has 8 heteroatoms. The van der Waals surface area contributed by atoms with Crippen LogP contribution < -0.4 is 10.6 Å². The number of benzene rings is 1. The third-order valence-electron chi connectivity index (χ3n) is 3.96. The number of carbonyl (C=O) groups excluding carboxylic acids is 3. The Labute approximate surface area is 146 Å². The second-order valence-electron chi connectivity index (χ2n) is 5.91.